The highest BCUT2D eigenvalue weighted by Gasteiger charge is 2.48. The van der Waals surface area contributed by atoms with Gasteiger partial charge in [-0.15, -0.1) is 11.3 Å². The lowest BCUT2D eigenvalue weighted by Gasteiger charge is -2.20. The Balaban J connectivity index is 1.32. The second-order valence-corrected chi connectivity index (χ2v) is 10.9. The van der Waals surface area contributed by atoms with Gasteiger partial charge in [0, 0.05) is 28.5 Å². The molecule has 2 aliphatic heterocycles. The third-order valence-electron chi connectivity index (χ3n) is 6.62. The van der Waals surface area contributed by atoms with Crippen LogP contribution in [0.25, 0.3) is 21.7 Å². The summed E-state index contributed by atoms with van der Waals surface area (Å²) >= 11 is 1.29. The highest BCUT2D eigenvalue weighted by Crippen LogP contribution is 2.41. The van der Waals surface area contributed by atoms with Gasteiger partial charge >= 0.3 is 0 Å². The molecule has 0 bridgehead atoms. The lowest BCUT2D eigenvalue weighted by molar-refractivity contribution is -0.538. The van der Waals surface area contributed by atoms with E-state index in [4.69, 9.17) is 4.42 Å². The predicted molar refractivity (Wildman–Crippen MR) is 142 cm³/mol. The standard InChI is InChI=1S/C28H25FN4O3S/c1-28(2,35)7-8-32-13-19-11-22(21(18-6-9-36-15-18)12-24(19)33-14-25(32)33)30-26(34)23-16-37-27(31-23)17-4-3-5-20(29)10-17/h3-6,9-13,15-16,25,35H,7-8,14H2,1-2H3/p+1. The molecule has 1 fully saturated rings. The van der Waals surface area contributed by atoms with Gasteiger partial charge in [-0.2, -0.15) is 0 Å². The molecule has 9 heteroatoms. The average Bonchev–Trinajstić information content (AvgIpc) is 3.25. The van der Waals surface area contributed by atoms with Crippen LogP contribution in [0.4, 0.5) is 15.8 Å². The summed E-state index contributed by atoms with van der Waals surface area (Å²) in [6.45, 7) is 5.28. The van der Waals surface area contributed by atoms with Gasteiger partial charge in [-0.3, -0.25) is 4.79 Å². The first-order valence-corrected chi connectivity index (χ1v) is 13.0. The first-order chi connectivity index (χ1) is 17.7. The Morgan fingerprint density at radius 1 is 1.30 bits per heavy atom. The number of carbonyl (C=O) groups is 1. The molecule has 1 amide bonds. The van der Waals surface area contributed by atoms with Crippen molar-refractivity contribution < 1.29 is 23.3 Å². The number of nitrogens with one attached hydrogen (secondary N) is 1. The molecule has 4 heterocycles. The van der Waals surface area contributed by atoms with Crippen LogP contribution in [0.3, 0.4) is 0 Å². The zero-order valence-electron chi connectivity index (χ0n) is 20.4. The molecule has 0 radical (unpaired) electrons. The summed E-state index contributed by atoms with van der Waals surface area (Å²) in [7, 11) is 0. The predicted octanol–water partition coefficient (Wildman–Crippen LogP) is 5.21. The maximum atomic E-state index is 13.7. The van der Waals surface area contributed by atoms with E-state index in [0.29, 0.717) is 22.7 Å². The molecule has 7 nitrogen and oxygen atoms in total. The summed E-state index contributed by atoms with van der Waals surface area (Å²) in [5.41, 5.74) is 4.60. The van der Waals surface area contributed by atoms with Crippen LogP contribution in [-0.2, 0) is 0 Å². The highest BCUT2D eigenvalue weighted by molar-refractivity contribution is 7.13. The fraction of sp³-hybridized carbons (Fsp3) is 0.250. The third kappa shape index (κ3) is 4.80. The highest BCUT2D eigenvalue weighted by atomic mass is 32.1. The zero-order valence-corrected chi connectivity index (χ0v) is 21.3. The maximum absolute atomic E-state index is 13.7. The van der Waals surface area contributed by atoms with Crippen molar-refractivity contribution in [2.75, 3.05) is 23.3 Å². The molecule has 0 saturated carbocycles. The van der Waals surface area contributed by atoms with Crippen molar-refractivity contribution in [1.29, 1.82) is 0 Å². The van der Waals surface area contributed by atoms with E-state index in [2.05, 4.69) is 32.1 Å². The Bertz CT molecular complexity index is 1520. The number of hydrogen-bond donors (Lipinski definition) is 2. The molecule has 37 heavy (non-hydrogen) atoms. The quantitative estimate of drug-likeness (QED) is 0.260. The van der Waals surface area contributed by atoms with E-state index in [9.17, 15) is 14.3 Å². The molecule has 1 unspecified atom stereocenters. The number of aromatic nitrogens is 1. The van der Waals surface area contributed by atoms with Crippen molar-refractivity contribution in [3.63, 3.8) is 0 Å². The minimum absolute atomic E-state index is 0.266. The summed E-state index contributed by atoms with van der Waals surface area (Å²) in [5, 5.41) is 15.5. The number of amides is 1. The van der Waals surface area contributed by atoms with E-state index in [1.54, 1.807) is 30.0 Å². The Morgan fingerprint density at radius 3 is 2.92 bits per heavy atom. The van der Waals surface area contributed by atoms with Crippen LogP contribution in [0, 0.1) is 5.82 Å². The van der Waals surface area contributed by atoms with Crippen LogP contribution in [0.1, 0.15) is 36.3 Å². The van der Waals surface area contributed by atoms with Crippen molar-refractivity contribution >= 4 is 34.8 Å². The third-order valence-corrected chi connectivity index (χ3v) is 7.51. The fourth-order valence-corrected chi connectivity index (χ4v) is 5.39. The lowest BCUT2D eigenvalue weighted by Crippen LogP contribution is -2.31. The van der Waals surface area contributed by atoms with Crippen molar-refractivity contribution in [1.82, 2.24) is 4.98 Å². The van der Waals surface area contributed by atoms with Gasteiger partial charge in [0.05, 0.1) is 35.1 Å². The molecular formula is C28H26FN4O3S+. The molecule has 188 valence electrons. The molecule has 2 N–H and O–H groups in total. The topological polar surface area (TPSA) is 81.4 Å². The number of thiazole rings is 1. The van der Waals surface area contributed by atoms with Crippen LogP contribution in [0.5, 0.6) is 0 Å². The van der Waals surface area contributed by atoms with Gasteiger partial charge in [-0.05, 0) is 44.2 Å². The molecule has 2 aromatic heterocycles. The lowest BCUT2D eigenvalue weighted by atomic mass is 10.0. The second-order valence-electron chi connectivity index (χ2n) is 10.0. The number of halogens is 1. The Morgan fingerprint density at radius 2 is 2.16 bits per heavy atom. The minimum Gasteiger partial charge on any atom is -0.472 e. The van der Waals surface area contributed by atoms with Crippen molar-refractivity contribution in [3.8, 4) is 21.7 Å². The number of aliphatic hydroxyl groups is 1. The van der Waals surface area contributed by atoms with Crippen LogP contribution in [0.2, 0.25) is 0 Å². The Kier molecular flexibility index (Phi) is 5.69. The molecule has 4 aromatic rings. The first-order valence-electron chi connectivity index (χ1n) is 12.1. The first kappa shape index (κ1) is 23.6. The van der Waals surface area contributed by atoms with E-state index in [1.165, 1.54) is 23.5 Å². The second kappa shape index (κ2) is 8.93. The number of benzene rings is 2. The summed E-state index contributed by atoms with van der Waals surface area (Å²) in [6.07, 6.45) is 6.30. The van der Waals surface area contributed by atoms with Gasteiger partial charge in [-0.1, -0.05) is 12.1 Å². The van der Waals surface area contributed by atoms with Crippen molar-refractivity contribution in [2.45, 2.75) is 32.0 Å². The van der Waals surface area contributed by atoms with Crippen molar-refractivity contribution in [3.05, 3.63) is 77.4 Å². The van der Waals surface area contributed by atoms with Gasteiger partial charge in [0.25, 0.3) is 5.91 Å². The molecule has 1 atom stereocenters. The number of anilines is 2. The van der Waals surface area contributed by atoms with Crippen LogP contribution in [0.15, 0.2) is 64.8 Å². The fourth-order valence-electron chi connectivity index (χ4n) is 4.59. The molecular weight excluding hydrogens is 491 g/mol. The molecule has 0 spiro atoms. The van der Waals surface area contributed by atoms with Gasteiger partial charge in [-0.25, -0.2) is 13.9 Å². The zero-order chi connectivity index (χ0) is 25.7. The van der Waals surface area contributed by atoms with E-state index in [-0.39, 0.29) is 23.6 Å². The largest absolute Gasteiger partial charge is 0.472 e. The Hall–Kier alpha value is -3.82. The molecule has 2 aromatic carbocycles. The number of carbonyl (C=O) groups excluding carboxylic acids is 1. The minimum atomic E-state index is -0.740. The van der Waals surface area contributed by atoms with Crippen LogP contribution < -0.4 is 10.2 Å². The summed E-state index contributed by atoms with van der Waals surface area (Å²) < 4.78 is 21.2. The van der Waals surface area contributed by atoms with Crippen molar-refractivity contribution in [2.24, 2.45) is 0 Å². The SMILES string of the molecule is CC(C)(O)CC[N+]1=Cc2cc(NC(=O)c3csc(-c4cccc(F)c4)n3)c(-c3ccoc3)cc2N2CC21. The van der Waals surface area contributed by atoms with Gasteiger partial charge in [0.2, 0.25) is 6.17 Å². The number of hydrogen-bond acceptors (Lipinski definition) is 6. The molecule has 0 aliphatic carbocycles. The summed E-state index contributed by atoms with van der Waals surface area (Å²) in [5.74, 6) is -0.693. The normalized spacial score (nSPS) is 16.2. The summed E-state index contributed by atoms with van der Waals surface area (Å²) in [6, 6.07) is 12.1. The van der Waals surface area contributed by atoms with Gasteiger partial charge < -0.3 is 19.7 Å². The van der Waals surface area contributed by atoms with E-state index in [1.807, 2.05) is 26.0 Å². The maximum Gasteiger partial charge on any atom is 0.275 e. The van der Waals surface area contributed by atoms with E-state index >= 15 is 0 Å². The number of nitrogens with zero attached hydrogens (tertiary/aromatic N) is 3. The monoisotopic (exact) mass is 517 g/mol. The van der Waals surface area contributed by atoms with Crippen LogP contribution in [-0.4, -0.2) is 51.6 Å². The smallest absolute Gasteiger partial charge is 0.275 e. The Labute approximate surface area is 217 Å². The number of furan rings is 1. The van der Waals surface area contributed by atoms with E-state index in [0.717, 1.165) is 35.5 Å². The summed E-state index contributed by atoms with van der Waals surface area (Å²) in [4.78, 5) is 20.0. The molecule has 2 aliphatic rings. The number of rotatable bonds is 7. The van der Waals surface area contributed by atoms with Crippen LogP contribution >= 0.6 is 11.3 Å². The molecule has 6 rings (SSSR count). The number of fused-ring (bicyclic) bond motifs is 3. The average molecular weight is 518 g/mol. The van der Waals surface area contributed by atoms with Gasteiger partial charge in [0.1, 0.15) is 29.6 Å². The van der Waals surface area contributed by atoms with Gasteiger partial charge in [0.15, 0.2) is 6.21 Å². The molecule has 1 saturated heterocycles. The van der Waals surface area contributed by atoms with E-state index < -0.39 is 5.60 Å².